The van der Waals surface area contributed by atoms with Gasteiger partial charge in [0.2, 0.25) is 0 Å². The molecule has 312 valence electrons. The van der Waals surface area contributed by atoms with E-state index in [1.807, 2.05) is 18.2 Å². The molecule has 0 unspecified atom stereocenters. The summed E-state index contributed by atoms with van der Waals surface area (Å²) >= 11 is 0. The fourth-order valence-electron chi connectivity index (χ4n) is 10.4. The van der Waals surface area contributed by atoms with Gasteiger partial charge in [0.15, 0.2) is 0 Å². The van der Waals surface area contributed by atoms with Gasteiger partial charge in [-0.05, 0) is 132 Å². The lowest BCUT2D eigenvalue weighted by molar-refractivity contribution is 0.549. The zero-order valence-electron chi connectivity index (χ0n) is 36.9. The Morgan fingerprint density at radius 1 is 0.825 bits per heavy atom. The molecule has 0 fully saturated rings. The van der Waals surface area contributed by atoms with E-state index < -0.39 is 0 Å². The van der Waals surface area contributed by atoms with Crippen LogP contribution in [0.2, 0.25) is 0 Å². The van der Waals surface area contributed by atoms with Gasteiger partial charge in [-0.15, -0.1) is 0 Å². The lowest BCUT2D eigenvalue weighted by Crippen LogP contribution is -2.16. The summed E-state index contributed by atoms with van der Waals surface area (Å²) in [4.78, 5) is 0. The lowest BCUT2D eigenvalue weighted by Gasteiger charge is -2.23. The van der Waals surface area contributed by atoms with Gasteiger partial charge in [-0.2, -0.15) is 0 Å². The van der Waals surface area contributed by atoms with Crippen LogP contribution in [0.4, 0.5) is 0 Å². The fraction of sp³-hybridized carbons (Fsp3) is 0.186. The zero-order valence-corrected chi connectivity index (χ0v) is 36.9. The molecular weight excluding hydrogens is 769 g/mol. The van der Waals surface area contributed by atoms with E-state index in [-0.39, 0.29) is 5.41 Å². The van der Waals surface area contributed by atoms with Crippen LogP contribution >= 0.6 is 0 Å². The SMILES string of the molecule is C=C/C=C\C(=C/C)Cc1ccc(-c2ccc3c(c2)c2c(n3-c3ccc4c(c3)C(C)(C)c3c-4ccc4oc(CC/C=C\C)cc34)CCC(c3cccc4c(C=C)c(CN)oc34)=C2)cc1. The van der Waals surface area contributed by atoms with E-state index in [0.29, 0.717) is 6.54 Å². The van der Waals surface area contributed by atoms with Crippen molar-refractivity contribution in [1.29, 1.82) is 0 Å². The average Bonchev–Trinajstić information content (AvgIpc) is 4.05. The summed E-state index contributed by atoms with van der Waals surface area (Å²) in [5.74, 6) is 1.81. The first-order valence-electron chi connectivity index (χ1n) is 22.4. The second kappa shape index (κ2) is 16.1. The number of nitrogens with zero attached hydrogens (tertiary/aromatic N) is 1. The molecular formula is C59H54N2O2. The number of furan rings is 2. The van der Waals surface area contributed by atoms with Crippen LogP contribution in [0.25, 0.3) is 78.5 Å². The van der Waals surface area contributed by atoms with E-state index in [4.69, 9.17) is 14.6 Å². The average molecular weight is 823 g/mol. The van der Waals surface area contributed by atoms with Crippen LogP contribution in [0.1, 0.15) is 91.1 Å². The Bertz CT molecular complexity index is 3260. The van der Waals surface area contributed by atoms with Crippen molar-refractivity contribution in [2.24, 2.45) is 5.73 Å². The standard InChI is InChI=1S/C59H54N2O2/c1-7-11-13-16-43-35-51-55(62-43)30-27-47-46-26-25-42(34-52(46)59(5,6)57(47)51)61-53-28-23-40(39-21-19-38(20-22-39)31-37(9-3)15-12-8-2)32-49(53)50-33-41(24-29-54(50)61)45-17-14-18-48-44(10-4)56(36-60)63-58(45)48/h7-12,14-15,17-23,25-28,30,32-35H,2,4,13,16,24,29,31,36,60H2,1,3,5-6H3/b11-7-,15-12-,37-9+. The highest BCUT2D eigenvalue weighted by Crippen LogP contribution is 2.53. The summed E-state index contributed by atoms with van der Waals surface area (Å²) in [6.45, 7) is 17.2. The van der Waals surface area contributed by atoms with Gasteiger partial charge in [-0.25, -0.2) is 0 Å². The van der Waals surface area contributed by atoms with Crippen molar-refractivity contribution >= 4 is 50.6 Å². The van der Waals surface area contributed by atoms with Crippen LogP contribution in [0, 0.1) is 0 Å². The van der Waals surface area contributed by atoms with Gasteiger partial charge in [0.05, 0.1) is 12.1 Å². The molecule has 0 spiro atoms. The molecule has 0 saturated heterocycles. The van der Waals surface area contributed by atoms with E-state index in [0.717, 1.165) is 71.3 Å². The molecule has 4 heteroatoms. The Labute approximate surface area is 370 Å². The Morgan fingerprint density at radius 3 is 2.43 bits per heavy atom. The highest BCUT2D eigenvalue weighted by molar-refractivity contribution is 6.05. The maximum Gasteiger partial charge on any atom is 0.142 e. The minimum absolute atomic E-state index is 0.218. The third-order valence-electron chi connectivity index (χ3n) is 13.5. The van der Waals surface area contributed by atoms with Crippen LogP contribution in [0.15, 0.2) is 161 Å². The Kier molecular flexibility index (Phi) is 10.3. The molecule has 0 atom stereocenters. The molecule has 5 aromatic carbocycles. The number of para-hydroxylation sites is 1. The topological polar surface area (TPSA) is 57.2 Å². The molecule has 0 bridgehead atoms. The molecule has 4 nitrogen and oxygen atoms in total. The summed E-state index contributed by atoms with van der Waals surface area (Å²) in [5.41, 5.74) is 26.4. The molecule has 3 heterocycles. The van der Waals surface area contributed by atoms with Crippen molar-refractivity contribution in [3.63, 3.8) is 0 Å². The number of aryl methyl sites for hydroxylation is 1. The number of hydrogen-bond donors (Lipinski definition) is 1. The van der Waals surface area contributed by atoms with Crippen molar-refractivity contribution in [3.05, 3.63) is 203 Å². The first kappa shape index (κ1) is 40.2. The van der Waals surface area contributed by atoms with E-state index >= 15 is 0 Å². The summed E-state index contributed by atoms with van der Waals surface area (Å²) in [5, 5.41) is 3.52. The normalized spacial score (nSPS) is 14.6. The lowest BCUT2D eigenvalue weighted by atomic mass is 9.81. The highest BCUT2D eigenvalue weighted by Gasteiger charge is 2.38. The van der Waals surface area contributed by atoms with Crippen LogP contribution in [0.5, 0.6) is 0 Å². The van der Waals surface area contributed by atoms with Crippen molar-refractivity contribution < 1.29 is 8.83 Å². The monoisotopic (exact) mass is 822 g/mol. The number of fused-ring (bicyclic) bond motifs is 9. The Hall–Kier alpha value is -6.88. The number of hydrogen-bond acceptors (Lipinski definition) is 3. The molecule has 0 aliphatic heterocycles. The number of aromatic nitrogens is 1. The van der Waals surface area contributed by atoms with Crippen LogP contribution in [-0.2, 0) is 31.2 Å². The third kappa shape index (κ3) is 6.72. The second-order valence-corrected chi connectivity index (χ2v) is 17.5. The van der Waals surface area contributed by atoms with Crippen molar-refractivity contribution in [1.82, 2.24) is 4.57 Å². The van der Waals surface area contributed by atoms with Crippen LogP contribution < -0.4 is 5.73 Å². The van der Waals surface area contributed by atoms with E-state index in [1.165, 1.54) is 83.3 Å². The molecule has 0 saturated carbocycles. The van der Waals surface area contributed by atoms with Gasteiger partial charge in [0.25, 0.3) is 0 Å². The maximum absolute atomic E-state index is 6.49. The van der Waals surface area contributed by atoms with Crippen LogP contribution in [-0.4, -0.2) is 4.57 Å². The van der Waals surface area contributed by atoms with E-state index in [2.05, 4.69) is 173 Å². The van der Waals surface area contributed by atoms with Gasteiger partial charge < -0.3 is 19.1 Å². The molecule has 63 heavy (non-hydrogen) atoms. The van der Waals surface area contributed by atoms with E-state index in [9.17, 15) is 0 Å². The minimum atomic E-state index is -0.218. The summed E-state index contributed by atoms with van der Waals surface area (Å²) in [6.07, 6.45) is 21.2. The first-order valence-corrected chi connectivity index (χ1v) is 22.4. The number of nitrogens with two attached hydrogens (primary N) is 1. The predicted molar refractivity (Wildman–Crippen MR) is 266 cm³/mol. The quantitative estimate of drug-likeness (QED) is 0.0986. The van der Waals surface area contributed by atoms with Gasteiger partial charge in [-0.1, -0.05) is 130 Å². The van der Waals surface area contributed by atoms with Crippen molar-refractivity contribution in [2.45, 2.75) is 71.8 Å². The molecule has 2 N–H and O–H groups in total. The largest absolute Gasteiger partial charge is 0.461 e. The maximum atomic E-state index is 6.49. The van der Waals surface area contributed by atoms with Gasteiger partial charge >= 0.3 is 0 Å². The zero-order chi connectivity index (χ0) is 43.4. The summed E-state index contributed by atoms with van der Waals surface area (Å²) < 4.78 is 15.4. The molecule has 8 aromatic rings. The second-order valence-electron chi connectivity index (χ2n) is 17.5. The Morgan fingerprint density at radius 2 is 1.65 bits per heavy atom. The number of benzene rings is 5. The van der Waals surface area contributed by atoms with Gasteiger partial charge in [-0.3, -0.25) is 0 Å². The fourth-order valence-corrected chi connectivity index (χ4v) is 10.4. The molecule has 0 amide bonds. The highest BCUT2D eigenvalue weighted by atomic mass is 16.3. The molecule has 2 aliphatic rings. The Balaban J connectivity index is 1.11. The van der Waals surface area contributed by atoms with Gasteiger partial charge in [0, 0.05) is 56.1 Å². The third-order valence-corrected chi connectivity index (χ3v) is 13.5. The van der Waals surface area contributed by atoms with E-state index in [1.54, 1.807) is 0 Å². The summed E-state index contributed by atoms with van der Waals surface area (Å²) in [6, 6.07) is 36.3. The van der Waals surface area contributed by atoms with Crippen molar-refractivity contribution in [3.8, 4) is 27.9 Å². The molecule has 10 rings (SSSR count). The van der Waals surface area contributed by atoms with Crippen LogP contribution in [0.3, 0.4) is 0 Å². The minimum Gasteiger partial charge on any atom is -0.461 e. The van der Waals surface area contributed by atoms with Gasteiger partial charge in [0.1, 0.15) is 22.7 Å². The smallest absolute Gasteiger partial charge is 0.142 e. The molecule has 0 radical (unpaired) electrons. The first-order chi connectivity index (χ1) is 30.8. The molecule has 2 aliphatic carbocycles. The predicted octanol–water partition coefficient (Wildman–Crippen LogP) is 15.4. The summed E-state index contributed by atoms with van der Waals surface area (Å²) in [7, 11) is 0. The van der Waals surface area contributed by atoms with Crippen molar-refractivity contribution in [2.75, 3.05) is 0 Å². The molecule has 3 aromatic heterocycles. The number of allylic oxidation sites excluding steroid dienone is 8. The number of rotatable bonds is 12.